The van der Waals surface area contributed by atoms with Gasteiger partial charge in [0, 0.05) is 46.0 Å². The van der Waals surface area contributed by atoms with Crippen molar-refractivity contribution in [2.45, 2.75) is 65.4 Å². The maximum atomic E-state index is 13.5. The summed E-state index contributed by atoms with van der Waals surface area (Å²) in [5.74, 6) is 0.0126. The van der Waals surface area contributed by atoms with Gasteiger partial charge in [-0.2, -0.15) is 0 Å². The van der Waals surface area contributed by atoms with Crippen LogP contribution in [0.15, 0.2) is 44.7 Å². The van der Waals surface area contributed by atoms with Crippen LogP contribution in [0.1, 0.15) is 38.5 Å². The molecule has 4 heterocycles. The normalized spacial score (nSPS) is 39.1. The van der Waals surface area contributed by atoms with E-state index < -0.39 is 14.7 Å². The van der Waals surface area contributed by atoms with Crippen LogP contribution in [0.2, 0.25) is 0 Å². The van der Waals surface area contributed by atoms with Gasteiger partial charge in [0.1, 0.15) is 26.9 Å². The SMILES string of the molecule is O=C1CCC2(CCC(=O)N2C2=CC(Br)=CC(Br)(OCC3CO3)C2)N1C1=CC(Br)=CC(Br)(OCC2CO2)C1. The molecule has 4 saturated heterocycles. The molecule has 4 atom stereocenters. The Morgan fingerprint density at radius 2 is 1.22 bits per heavy atom. The van der Waals surface area contributed by atoms with E-state index in [-0.39, 0.29) is 24.0 Å². The summed E-state index contributed by atoms with van der Waals surface area (Å²) in [6.07, 6.45) is 10.8. The van der Waals surface area contributed by atoms with Gasteiger partial charge in [-0.05, 0) is 69.0 Å². The van der Waals surface area contributed by atoms with Gasteiger partial charge in [-0.1, -0.05) is 31.9 Å². The summed E-state index contributed by atoms with van der Waals surface area (Å²) in [6, 6.07) is 0. The van der Waals surface area contributed by atoms with Gasteiger partial charge in [0.05, 0.1) is 26.4 Å². The topological polar surface area (TPSA) is 84.1 Å². The molecule has 4 fully saturated rings. The predicted molar refractivity (Wildman–Crippen MR) is 149 cm³/mol. The second-order valence-electron chi connectivity index (χ2n) is 10.2. The van der Waals surface area contributed by atoms with E-state index in [9.17, 15) is 9.59 Å². The average Bonchev–Trinajstić information content (AvgIpc) is 3.74. The van der Waals surface area contributed by atoms with Crippen molar-refractivity contribution < 1.29 is 28.5 Å². The van der Waals surface area contributed by atoms with Crippen molar-refractivity contribution in [3.8, 4) is 0 Å². The predicted octanol–water partition coefficient (Wildman–Crippen LogP) is 5.07. The number of rotatable bonds is 8. The number of amides is 2. The lowest BCUT2D eigenvalue weighted by atomic mass is 9.98. The number of hydrogen-bond donors (Lipinski definition) is 0. The summed E-state index contributed by atoms with van der Waals surface area (Å²) in [7, 11) is 0. The molecule has 0 bridgehead atoms. The van der Waals surface area contributed by atoms with Crippen LogP contribution in [-0.2, 0) is 28.5 Å². The Balaban J connectivity index is 1.30. The number of allylic oxidation sites excluding steroid dienone is 4. The van der Waals surface area contributed by atoms with Crippen molar-refractivity contribution in [3.63, 3.8) is 0 Å². The number of epoxide rings is 2. The maximum Gasteiger partial charge on any atom is 0.228 e. The molecule has 0 saturated carbocycles. The van der Waals surface area contributed by atoms with E-state index in [0.717, 1.165) is 20.4 Å². The summed E-state index contributed by atoms with van der Waals surface area (Å²) in [6.45, 7) is 2.33. The van der Waals surface area contributed by atoms with Gasteiger partial charge in [-0.15, -0.1) is 0 Å². The van der Waals surface area contributed by atoms with Crippen molar-refractivity contribution in [3.05, 3.63) is 44.7 Å². The molecular formula is C25H26Br4N2O6. The molecule has 1 spiro atoms. The molecule has 6 rings (SSSR count). The first kappa shape index (κ1) is 26.9. The fourth-order valence-electron chi connectivity index (χ4n) is 5.60. The molecule has 37 heavy (non-hydrogen) atoms. The monoisotopic (exact) mass is 766 g/mol. The molecule has 2 amide bonds. The molecule has 200 valence electrons. The highest BCUT2D eigenvalue weighted by Crippen LogP contribution is 2.52. The highest BCUT2D eigenvalue weighted by Gasteiger charge is 2.58. The van der Waals surface area contributed by atoms with Crippen LogP contribution in [0.5, 0.6) is 0 Å². The van der Waals surface area contributed by atoms with Crippen molar-refractivity contribution in [2.24, 2.45) is 0 Å². The van der Waals surface area contributed by atoms with Gasteiger partial charge in [-0.3, -0.25) is 19.4 Å². The maximum absolute atomic E-state index is 13.5. The molecule has 2 aliphatic carbocycles. The van der Waals surface area contributed by atoms with E-state index in [1.165, 1.54) is 0 Å². The van der Waals surface area contributed by atoms with Gasteiger partial charge < -0.3 is 18.9 Å². The van der Waals surface area contributed by atoms with Gasteiger partial charge in [0.15, 0.2) is 0 Å². The minimum atomic E-state index is -0.779. The molecule has 0 aromatic carbocycles. The van der Waals surface area contributed by atoms with Crippen LogP contribution in [0.4, 0.5) is 0 Å². The third-order valence-electron chi connectivity index (χ3n) is 7.37. The first-order chi connectivity index (χ1) is 17.6. The molecule has 6 aliphatic rings. The van der Waals surface area contributed by atoms with E-state index >= 15 is 0 Å². The summed E-state index contributed by atoms with van der Waals surface area (Å²) in [4.78, 5) is 30.7. The van der Waals surface area contributed by atoms with Crippen LogP contribution in [0.3, 0.4) is 0 Å². The molecule has 4 unspecified atom stereocenters. The molecule has 4 aliphatic heterocycles. The number of carbonyl (C=O) groups is 2. The van der Waals surface area contributed by atoms with Gasteiger partial charge in [0.2, 0.25) is 11.8 Å². The zero-order valence-corrected chi connectivity index (χ0v) is 26.2. The van der Waals surface area contributed by atoms with E-state index in [0.29, 0.717) is 65.0 Å². The highest BCUT2D eigenvalue weighted by molar-refractivity contribution is 9.12. The van der Waals surface area contributed by atoms with Crippen molar-refractivity contribution >= 4 is 75.5 Å². The number of likely N-dealkylation sites (tertiary alicyclic amines) is 2. The summed E-state index contributed by atoms with van der Waals surface area (Å²) in [5, 5.41) is 0. The lowest BCUT2D eigenvalue weighted by molar-refractivity contribution is -0.138. The van der Waals surface area contributed by atoms with Crippen molar-refractivity contribution in [1.29, 1.82) is 0 Å². The van der Waals surface area contributed by atoms with Crippen LogP contribution < -0.4 is 0 Å². The van der Waals surface area contributed by atoms with Crippen LogP contribution in [-0.4, -0.2) is 74.9 Å². The first-order valence-electron chi connectivity index (χ1n) is 12.3. The quantitative estimate of drug-likeness (QED) is 0.254. The third-order valence-corrected chi connectivity index (χ3v) is 9.76. The Bertz CT molecular complexity index is 1060. The Kier molecular flexibility index (Phi) is 7.21. The second kappa shape index (κ2) is 9.94. The minimum Gasteiger partial charge on any atom is -0.371 e. The van der Waals surface area contributed by atoms with Crippen molar-refractivity contribution in [2.75, 3.05) is 26.4 Å². The summed E-state index contributed by atoms with van der Waals surface area (Å²) in [5.41, 5.74) is 0.842. The van der Waals surface area contributed by atoms with E-state index in [1.54, 1.807) is 0 Å². The Morgan fingerprint density at radius 1 is 0.811 bits per heavy atom. The number of alkyl halides is 2. The number of carbonyl (C=O) groups excluding carboxylic acids is 2. The summed E-state index contributed by atoms with van der Waals surface area (Å²) >= 11 is 14.7. The van der Waals surface area contributed by atoms with E-state index in [4.69, 9.17) is 18.9 Å². The summed E-state index contributed by atoms with van der Waals surface area (Å²) < 4.78 is 23.0. The lowest BCUT2D eigenvalue weighted by Gasteiger charge is -2.47. The largest absolute Gasteiger partial charge is 0.371 e. The zero-order valence-electron chi connectivity index (χ0n) is 19.9. The highest BCUT2D eigenvalue weighted by atomic mass is 79.9. The number of ether oxygens (including phenoxy) is 4. The molecular weight excluding hydrogens is 744 g/mol. The molecule has 12 heteroatoms. The number of halogens is 4. The fourth-order valence-corrected chi connectivity index (χ4v) is 8.82. The van der Waals surface area contributed by atoms with Gasteiger partial charge >= 0.3 is 0 Å². The Hall–Kier alpha value is -0.340. The second-order valence-corrected chi connectivity index (χ2v) is 14.7. The first-order valence-corrected chi connectivity index (χ1v) is 15.5. The molecule has 0 aromatic rings. The molecule has 0 aromatic heterocycles. The minimum absolute atomic E-state index is 0.00628. The van der Waals surface area contributed by atoms with Gasteiger partial charge in [-0.25, -0.2) is 0 Å². The fraction of sp³-hybridized carbons (Fsp3) is 0.600. The number of nitrogens with zero attached hydrogens (tertiary/aromatic N) is 2. The van der Waals surface area contributed by atoms with Crippen LogP contribution in [0, 0.1) is 0 Å². The van der Waals surface area contributed by atoms with E-state index in [1.807, 2.05) is 34.1 Å². The van der Waals surface area contributed by atoms with Crippen molar-refractivity contribution in [1.82, 2.24) is 9.80 Å². The Morgan fingerprint density at radius 3 is 1.59 bits per heavy atom. The molecule has 8 nitrogen and oxygen atoms in total. The molecule has 0 N–H and O–H groups in total. The Labute approximate surface area is 248 Å². The average molecular weight is 770 g/mol. The lowest BCUT2D eigenvalue weighted by Crippen LogP contribution is -2.56. The van der Waals surface area contributed by atoms with Crippen LogP contribution >= 0.6 is 63.7 Å². The third kappa shape index (κ3) is 5.51. The van der Waals surface area contributed by atoms with E-state index in [2.05, 4.69) is 63.7 Å². The van der Waals surface area contributed by atoms with Crippen LogP contribution in [0.25, 0.3) is 0 Å². The van der Waals surface area contributed by atoms with Gasteiger partial charge in [0.25, 0.3) is 0 Å². The molecule has 0 radical (unpaired) electrons. The number of hydrogen-bond acceptors (Lipinski definition) is 6. The smallest absolute Gasteiger partial charge is 0.228 e. The zero-order chi connectivity index (χ0) is 26.0. The standard InChI is InChI=1S/C25H26Br4N2O6/c26-15-5-17(9-23(28,7-15)36-13-19-11-34-19)30-21(32)1-3-25(30)4-2-22(33)31(25)18-6-16(27)8-24(29,10-18)37-14-20-12-35-20/h5-8,19-20H,1-4,9-14H2.